The molecule has 1 aliphatic rings. The molecule has 0 spiro atoms. The Bertz CT molecular complexity index is 1390. The molecule has 0 aliphatic heterocycles. The third kappa shape index (κ3) is 3.95. The fourth-order valence-corrected chi connectivity index (χ4v) is 4.90. The summed E-state index contributed by atoms with van der Waals surface area (Å²) in [6.07, 6.45) is 7.98. The summed E-state index contributed by atoms with van der Waals surface area (Å²) in [4.78, 5) is 26.9. The molecule has 0 saturated heterocycles. The maximum atomic E-state index is 13.4. The Morgan fingerprint density at radius 2 is 1.88 bits per heavy atom. The van der Waals surface area contributed by atoms with E-state index in [-0.39, 0.29) is 11.6 Å². The van der Waals surface area contributed by atoms with Gasteiger partial charge in [0.05, 0.1) is 35.1 Å². The number of pyridine rings is 2. The predicted octanol–water partition coefficient (Wildman–Crippen LogP) is 4.46. The number of rotatable bonds is 4. The predicted molar refractivity (Wildman–Crippen MR) is 129 cm³/mol. The van der Waals surface area contributed by atoms with Crippen LogP contribution in [0.15, 0.2) is 53.8 Å². The standard InChI is InChI=1S/C27H28N4O2/c1-16-11-20(9-10-28-16)23-8-7-19(14-29-23)12-21-13-22-26(18(3)17(21)2)30-15-31(27(22)33)24-5-4-6-25(24)32/h7-11,13-15,24-25,32H,4-6,12H2,1-3H3/t24-,25-/m1/s1. The maximum absolute atomic E-state index is 13.4. The number of fused-ring (bicyclic) bond motifs is 1. The smallest absolute Gasteiger partial charge is 0.261 e. The molecule has 0 bridgehead atoms. The number of hydrogen-bond donors (Lipinski definition) is 1. The molecule has 4 aromatic rings. The van der Waals surface area contributed by atoms with E-state index in [4.69, 9.17) is 0 Å². The van der Waals surface area contributed by atoms with Crippen LogP contribution in [0.2, 0.25) is 0 Å². The summed E-state index contributed by atoms with van der Waals surface area (Å²) in [5.74, 6) is 0. The summed E-state index contributed by atoms with van der Waals surface area (Å²) in [5, 5.41) is 10.9. The molecule has 1 N–H and O–H groups in total. The lowest BCUT2D eigenvalue weighted by atomic mass is 9.95. The van der Waals surface area contributed by atoms with Gasteiger partial charge in [0.1, 0.15) is 0 Å². The summed E-state index contributed by atoms with van der Waals surface area (Å²) in [6, 6.07) is 9.90. The largest absolute Gasteiger partial charge is 0.391 e. The highest BCUT2D eigenvalue weighted by Crippen LogP contribution is 2.30. The molecule has 3 heterocycles. The molecule has 0 radical (unpaired) electrons. The molecule has 168 valence electrons. The zero-order valence-electron chi connectivity index (χ0n) is 19.2. The van der Waals surface area contributed by atoms with Crippen LogP contribution in [0.1, 0.15) is 53.3 Å². The fourth-order valence-electron chi connectivity index (χ4n) is 4.90. The molecule has 3 aromatic heterocycles. The van der Waals surface area contributed by atoms with Crippen molar-refractivity contribution in [2.75, 3.05) is 0 Å². The molecular formula is C27H28N4O2. The number of aromatic nitrogens is 4. The zero-order chi connectivity index (χ0) is 23.1. The minimum Gasteiger partial charge on any atom is -0.391 e. The van der Waals surface area contributed by atoms with Crippen LogP contribution in [0, 0.1) is 20.8 Å². The van der Waals surface area contributed by atoms with Gasteiger partial charge in [-0.05, 0) is 93.0 Å². The average Bonchev–Trinajstić information content (AvgIpc) is 3.24. The Morgan fingerprint density at radius 3 is 2.58 bits per heavy atom. The molecule has 6 heteroatoms. The van der Waals surface area contributed by atoms with Crippen LogP contribution in [-0.2, 0) is 6.42 Å². The van der Waals surface area contributed by atoms with Crippen molar-refractivity contribution >= 4 is 10.9 Å². The van der Waals surface area contributed by atoms with E-state index in [2.05, 4.69) is 27.9 Å². The van der Waals surface area contributed by atoms with Gasteiger partial charge in [0.15, 0.2) is 0 Å². The van der Waals surface area contributed by atoms with Crippen molar-refractivity contribution < 1.29 is 5.11 Å². The van der Waals surface area contributed by atoms with Crippen LogP contribution in [0.5, 0.6) is 0 Å². The molecule has 0 amide bonds. The summed E-state index contributed by atoms with van der Waals surface area (Å²) in [6.45, 7) is 6.08. The van der Waals surface area contributed by atoms with E-state index in [1.165, 1.54) is 0 Å². The van der Waals surface area contributed by atoms with Crippen LogP contribution in [-0.4, -0.2) is 30.7 Å². The second-order valence-electron chi connectivity index (χ2n) is 9.12. The van der Waals surface area contributed by atoms with Gasteiger partial charge in [-0.2, -0.15) is 0 Å². The number of aliphatic hydroxyl groups is 1. The summed E-state index contributed by atoms with van der Waals surface area (Å²) < 4.78 is 1.63. The van der Waals surface area contributed by atoms with Crippen molar-refractivity contribution in [3.05, 3.63) is 87.4 Å². The first-order chi connectivity index (χ1) is 15.9. The molecule has 0 unspecified atom stereocenters. The third-order valence-corrected chi connectivity index (χ3v) is 6.96. The van der Waals surface area contributed by atoms with E-state index in [9.17, 15) is 9.90 Å². The maximum Gasteiger partial charge on any atom is 0.261 e. The quantitative estimate of drug-likeness (QED) is 0.507. The lowest BCUT2D eigenvalue weighted by Crippen LogP contribution is -2.29. The van der Waals surface area contributed by atoms with Crippen LogP contribution in [0.3, 0.4) is 0 Å². The highest BCUT2D eigenvalue weighted by molar-refractivity contribution is 5.83. The Morgan fingerprint density at radius 1 is 1.03 bits per heavy atom. The molecule has 33 heavy (non-hydrogen) atoms. The Labute approximate surface area is 193 Å². The van der Waals surface area contributed by atoms with Crippen LogP contribution in [0.25, 0.3) is 22.2 Å². The Balaban J connectivity index is 1.51. The minimum absolute atomic E-state index is 0.0724. The Kier molecular flexibility index (Phi) is 5.54. The summed E-state index contributed by atoms with van der Waals surface area (Å²) in [7, 11) is 0. The number of nitrogens with zero attached hydrogens (tertiary/aromatic N) is 4. The highest BCUT2D eigenvalue weighted by Gasteiger charge is 2.28. The number of aliphatic hydroxyl groups excluding tert-OH is 1. The van der Waals surface area contributed by atoms with Crippen molar-refractivity contribution in [2.24, 2.45) is 0 Å². The van der Waals surface area contributed by atoms with Crippen molar-refractivity contribution in [3.8, 4) is 11.3 Å². The molecule has 5 rings (SSSR count). The van der Waals surface area contributed by atoms with E-state index >= 15 is 0 Å². The monoisotopic (exact) mass is 440 g/mol. The third-order valence-electron chi connectivity index (χ3n) is 6.96. The van der Waals surface area contributed by atoms with Crippen molar-refractivity contribution in [1.29, 1.82) is 0 Å². The van der Waals surface area contributed by atoms with Crippen molar-refractivity contribution in [3.63, 3.8) is 0 Å². The molecular weight excluding hydrogens is 412 g/mol. The number of aryl methyl sites for hydroxylation is 2. The van der Waals surface area contributed by atoms with Gasteiger partial charge in [0.25, 0.3) is 5.56 Å². The molecule has 6 nitrogen and oxygen atoms in total. The van der Waals surface area contributed by atoms with Gasteiger partial charge >= 0.3 is 0 Å². The van der Waals surface area contributed by atoms with Crippen molar-refractivity contribution in [1.82, 2.24) is 19.5 Å². The molecule has 2 atom stereocenters. The van der Waals surface area contributed by atoms with Crippen LogP contribution >= 0.6 is 0 Å². The molecule has 1 fully saturated rings. The Hall–Kier alpha value is -3.38. The van der Waals surface area contributed by atoms with Crippen LogP contribution in [0.4, 0.5) is 0 Å². The van der Waals surface area contributed by atoms with E-state index < -0.39 is 6.10 Å². The fraction of sp³-hybridized carbons (Fsp3) is 0.333. The normalized spacial score (nSPS) is 18.2. The first-order valence-electron chi connectivity index (χ1n) is 11.5. The average molecular weight is 441 g/mol. The van der Waals surface area contributed by atoms with E-state index in [0.29, 0.717) is 11.8 Å². The summed E-state index contributed by atoms with van der Waals surface area (Å²) >= 11 is 0. The number of benzene rings is 1. The van der Waals surface area contributed by atoms with E-state index in [1.54, 1.807) is 17.1 Å². The van der Waals surface area contributed by atoms with Gasteiger partial charge in [-0.15, -0.1) is 0 Å². The van der Waals surface area contributed by atoms with Gasteiger partial charge < -0.3 is 5.11 Å². The lowest BCUT2D eigenvalue weighted by Gasteiger charge is -2.19. The van der Waals surface area contributed by atoms with Crippen molar-refractivity contribution in [2.45, 2.75) is 58.6 Å². The minimum atomic E-state index is -0.485. The second-order valence-corrected chi connectivity index (χ2v) is 9.12. The molecule has 1 aromatic carbocycles. The van der Waals surface area contributed by atoms with E-state index in [1.807, 2.05) is 44.3 Å². The SMILES string of the molecule is Cc1cc(-c2ccc(Cc3cc4c(=O)n([C@@H]5CCC[C@H]5O)cnc4c(C)c3C)cn2)ccn1. The van der Waals surface area contributed by atoms with Gasteiger partial charge in [0.2, 0.25) is 0 Å². The first-order valence-corrected chi connectivity index (χ1v) is 11.5. The molecule has 1 saturated carbocycles. The first kappa shape index (κ1) is 21.5. The topological polar surface area (TPSA) is 80.9 Å². The van der Waals surface area contributed by atoms with Gasteiger partial charge in [-0.25, -0.2) is 4.98 Å². The molecule has 1 aliphatic carbocycles. The van der Waals surface area contributed by atoms with Gasteiger partial charge in [0, 0.05) is 23.7 Å². The lowest BCUT2D eigenvalue weighted by molar-refractivity contribution is 0.134. The summed E-state index contributed by atoms with van der Waals surface area (Å²) in [5.41, 5.74) is 7.94. The highest BCUT2D eigenvalue weighted by atomic mass is 16.3. The second kappa shape index (κ2) is 8.52. The van der Waals surface area contributed by atoms with E-state index in [0.717, 1.165) is 64.0 Å². The number of hydrogen-bond acceptors (Lipinski definition) is 5. The van der Waals surface area contributed by atoms with Crippen LogP contribution < -0.4 is 5.56 Å². The van der Waals surface area contributed by atoms with Gasteiger partial charge in [-0.1, -0.05) is 6.07 Å². The zero-order valence-corrected chi connectivity index (χ0v) is 19.2. The van der Waals surface area contributed by atoms with Gasteiger partial charge in [-0.3, -0.25) is 19.3 Å².